The maximum absolute atomic E-state index is 10.1. The van der Waals surface area contributed by atoms with Gasteiger partial charge in [-0.1, -0.05) is 26.7 Å². The molecule has 0 heterocycles. The van der Waals surface area contributed by atoms with Gasteiger partial charge in [0.25, 0.3) is 0 Å². The molecule has 0 aliphatic carbocycles. The summed E-state index contributed by atoms with van der Waals surface area (Å²) >= 11 is 8.36. The quantitative estimate of drug-likeness (QED) is 0.534. The van der Waals surface area contributed by atoms with Gasteiger partial charge in [0.2, 0.25) is 0 Å². The minimum atomic E-state index is -0.907. The monoisotopic (exact) mass is 306 g/mol. The standard InChI is InChI=1S/2C5H10O2S.Ca/c2*1-2-3-4(6)5(7)8;/h2*4,6H,2-3H2,1H3,(H,7,8);/q;;+2/p-2. The summed E-state index contributed by atoms with van der Waals surface area (Å²) in [6.07, 6.45) is 0.752. The number of aliphatic hydroxyl groups is 2. The van der Waals surface area contributed by atoms with Crippen molar-refractivity contribution in [1.82, 2.24) is 0 Å². The SMILES string of the molecule is CCCC(O)C(=O)[S-].CCCC(O)C(=O)[S-].[Ca+2]. The van der Waals surface area contributed by atoms with Gasteiger partial charge in [-0.25, -0.2) is 0 Å². The molecule has 0 spiro atoms. The van der Waals surface area contributed by atoms with E-state index in [0.717, 1.165) is 12.8 Å². The Morgan fingerprint density at radius 3 is 1.24 bits per heavy atom. The molecule has 0 bridgehead atoms. The molecule has 7 heteroatoms. The summed E-state index contributed by atoms with van der Waals surface area (Å²) in [6, 6.07) is 0. The summed E-state index contributed by atoms with van der Waals surface area (Å²) in [5, 5.41) is 16.2. The summed E-state index contributed by atoms with van der Waals surface area (Å²) < 4.78 is 0. The van der Waals surface area contributed by atoms with Crippen LogP contribution in [0.2, 0.25) is 0 Å². The number of aliphatic hydroxyl groups excluding tert-OH is 2. The molecule has 4 nitrogen and oxygen atoms in total. The van der Waals surface area contributed by atoms with Gasteiger partial charge in [-0.05, 0) is 12.8 Å². The first-order valence-corrected chi connectivity index (χ1v) is 5.96. The van der Waals surface area contributed by atoms with Crippen molar-refractivity contribution in [1.29, 1.82) is 0 Å². The minimum Gasteiger partial charge on any atom is -0.739 e. The van der Waals surface area contributed by atoms with Gasteiger partial charge in [0.15, 0.2) is 0 Å². The first-order chi connectivity index (χ1) is 7.36. The molecule has 0 aromatic heterocycles. The van der Waals surface area contributed by atoms with E-state index in [1.165, 1.54) is 0 Å². The number of hydrogen-bond acceptors (Lipinski definition) is 6. The molecule has 0 saturated carbocycles. The number of rotatable bonds is 6. The molecule has 0 fully saturated rings. The van der Waals surface area contributed by atoms with Crippen LogP contribution in [0.15, 0.2) is 0 Å². The van der Waals surface area contributed by atoms with E-state index in [9.17, 15) is 9.59 Å². The van der Waals surface area contributed by atoms with Crippen molar-refractivity contribution in [2.75, 3.05) is 0 Å². The third kappa shape index (κ3) is 17.0. The summed E-state index contributed by atoms with van der Waals surface area (Å²) in [4.78, 5) is 20.2. The molecule has 0 aliphatic rings. The number of carbonyl (C=O) groups is 2. The predicted molar refractivity (Wildman–Crippen MR) is 72.3 cm³/mol. The van der Waals surface area contributed by atoms with Gasteiger partial charge in [-0.15, -0.1) is 0 Å². The fourth-order valence-corrected chi connectivity index (χ4v) is 1.02. The molecule has 96 valence electrons. The molecule has 2 atom stereocenters. The van der Waals surface area contributed by atoms with Gasteiger partial charge in [-0.3, -0.25) is 0 Å². The zero-order valence-corrected chi connectivity index (χ0v) is 14.1. The molecule has 0 aromatic rings. The average Bonchev–Trinajstić information content (AvgIpc) is 2.19. The predicted octanol–water partition coefficient (Wildman–Crippen LogP) is 0.0610. The molecule has 0 aromatic carbocycles. The Kier molecular flexibility index (Phi) is 20.4. The van der Waals surface area contributed by atoms with Crippen molar-refractivity contribution in [2.45, 2.75) is 51.7 Å². The Morgan fingerprint density at radius 2 is 1.18 bits per heavy atom. The van der Waals surface area contributed by atoms with E-state index in [0.29, 0.717) is 12.8 Å². The molecule has 0 radical (unpaired) electrons. The molecule has 2 N–H and O–H groups in total. The van der Waals surface area contributed by atoms with E-state index in [1.807, 2.05) is 13.8 Å². The molecule has 0 aliphatic heterocycles. The molecular formula is C10H18CaO4S2. The molecule has 17 heavy (non-hydrogen) atoms. The minimum absolute atomic E-state index is 0. The summed E-state index contributed by atoms with van der Waals surface area (Å²) in [5.74, 6) is 0. The van der Waals surface area contributed by atoms with Crippen molar-refractivity contribution in [2.24, 2.45) is 0 Å². The smallest absolute Gasteiger partial charge is 0.739 e. The molecule has 0 saturated heterocycles. The van der Waals surface area contributed by atoms with Gasteiger partial charge in [0, 0.05) is 10.2 Å². The van der Waals surface area contributed by atoms with Gasteiger partial charge >= 0.3 is 37.7 Å². The van der Waals surface area contributed by atoms with Crippen LogP contribution in [0.25, 0.3) is 0 Å². The fourth-order valence-electron chi connectivity index (χ4n) is 0.783. The fraction of sp³-hybridized carbons (Fsp3) is 0.800. The van der Waals surface area contributed by atoms with Crippen LogP contribution in [0.3, 0.4) is 0 Å². The summed E-state index contributed by atoms with van der Waals surface area (Å²) in [6.45, 7) is 3.78. The van der Waals surface area contributed by atoms with Crippen LogP contribution in [0.1, 0.15) is 39.5 Å². The second kappa shape index (κ2) is 15.0. The van der Waals surface area contributed by atoms with Crippen LogP contribution in [-0.2, 0) is 34.8 Å². The van der Waals surface area contributed by atoms with Gasteiger partial charge in [0.1, 0.15) is 0 Å². The van der Waals surface area contributed by atoms with Gasteiger partial charge in [0.05, 0.1) is 12.2 Å². The summed E-state index contributed by atoms with van der Waals surface area (Å²) in [7, 11) is 0. The van der Waals surface area contributed by atoms with Crippen LogP contribution in [0.4, 0.5) is 0 Å². The van der Waals surface area contributed by atoms with Gasteiger partial charge < -0.3 is 45.1 Å². The number of hydrogen-bond donors (Lipinski definition) is 2. The molecule has 0 rings (SSSR count). The topological polar surface area (TPSA) is 74.6 Å². The van der Waals surface area contributed by atoms with Crippen molar-refractivity contribution < 1.29 is 19.8 Å². The third-order valence-electron chi connectivity index (χ3n) is 1.67. The maximum atomic E-state index is 10.1. The van der Waals surface area contributed by atoms with E-state index < -0.39 is 22.4 Å². The van der Waals surface area contributed by atoms with Gasteiger partial charge in [-0.2, -0.15) is 0 Å². The largest absolute Gasteiger partial charge is 2.00 e. The van der Waals surface area contributed by atoms with E-state index in [4.69, 9.17) is 10.2 Å². The van der Waals surface area contributed by atoms with Crippen molar-refractivity contribution in [3.63, 3.8) is 0 Å². The van der Waals surface area contributed by atoms with Crippen LogP contribution in [-0.4, -0.2) is 70.4 Å². The normalized spacial score (nSPS) is 12.5. The first kappa shape index (κ1) is 23.1. The Morgan fingerprint density at radius 1 is 0.941 bits per heavy atom. The van der Waals surface area contributed by atoms with Crippen LogP contribution >= 0.6 is 0 Å². The van der Waals surface area contributed by atoms with E-state index in [2.05, 4.69) is 25.3 Å². The zero-order chi connectivity index (χ0) is 13.1. The van der Waals surface area contributed by atoms with E-state index >= 15 is 0 Å². The second-order valence-electron chi connectivity index (χ2n) is 3.25. The van der Waals surface area contributed by atoms with Crippen LogP contribution in [0, 0.1) is 0 Å². The Balaban J connectivity index is -0.000000218. The summed E-state index contributed by atoms with van der Waals surface area (Å²) in [5.41, 5.74) is 0. The Hall–Kier alpha value is 0.960. The third-order valence-corrected chi connectivity index (χ3v) is 2.21. The van der Waals surface area contributed by atoms with Crippen molar-refractivity contribution in [3.8, 4) is 0 Å². The Labute approximate surface area is 143 Å². The molecule has 0 amide bonds. The average molecular weight is 306 g/mol. The van der Waals surface area contributed by atoms with Crippen LogP contribution in [0.5, 0.6) is 0 Å². The molecular weight excluding hydrogens is 288 g/mol. The van der Waals surface area contributed by atoms with E-state index in [1.54, 1.807) is 0 Å². The molecule has 2 unspecified atom stereocenters. The van der Waals surface area contributed by atoms with Crippen LogP contribution < -0.4 is 0 Å². The zero-order valence-electron chi connectivity index (χ0n) is 10.2. The second-order valence-corrected chi connectivity index (χ2v) is 4.05. The number of carbonyl (C=O) groups excluding carboxylic acids is 2. The van der Waals surface area contributed by atoms with Crippen molar-refractivity contribution in [3.05, 3.63) is 0 Å². The maximum Gasteiger partial charge on any atom is 2.00 e. The van der Waals surface area contributed by atoms with Crippen molar-refractivity contribution >= 4 is 73.2 Å². The Bertz CT molecular complexity index is 192. The van der Waals surface area contributed by atoms with E-state index in [-0.39, 0.29) is 37.7 Å². The first-order valence-electron chi connectivity index (χ1n) is 5.14.